The average Bonchev–Trinajstić information content (AvgIpc) is 2.87. The first-order valence-electron chi connectivity index (χ1n) is 9.49. The molecule has 0 atom stereocenters. The molecule has 0 unspecified atom stereocenters. The van der Waals surface area contributed by atoms with Gasteiger partial charge in [-0.05, 0) is 84.7 Å². The summed E-state index contributed by atoms with van der Waals surface area (Å²) in [6.07, 6.45) is 5.30. The molecule has 0 saturated carbocycles. The molecule has 2 nitrogen and oxygen atoms in total. The van der Waals surface area contributed by atoms with Crippen molar-refractivity contribution >= 4 is 11.1 Å². The van der Waals surface area contributed by atoms with Crippen molar-refractivity contribution in [3.8, 4) is 17.6 Å². The molecular formula is C24H25FO2. The van der Waals surface area contributed by atoms with Gasteiger partial charge in [-0.2, -0.15) is 0 Å². The molecule has 0 aliphatic heterocycles. The van der Waals surface area contributed by atoms with Crippen LogP contribution in [0, 0.1) is 17.7 Å². The van der Waals surface area contributed by atoms with Crippen molar-refractivity contribution < 1.29 is 14.2 Å². The highest BCUT2D eigenvalue weighted by molar-refractivity contribution is 5.99. The second-order valence-corrected chi connectivity index (χ2v) is 6.72. The van der Waals surface area contributed by atoms with E-state index in [-0.39, 0.29) is 12.4 Å². The van der Waals surface area contributed by atoms with Crippen LogP contribution in [0.15, 0.2) is 42.5 Å². The monoisotopic (exact) mass is 364 g/mol. The van der Waals surface area contributed by atoms with Gasteiger partial charge in [-0.1, -0.05) is 24.0 Å². The third-order valence-electron chi connectivity index (χ3n) is 4.87. The Balaban J connectivity index is 2.07. The van der Waals surface area contributed by atoms with Gasteiger partial charge in [-0.15, -0.1) is 0 Å². The van der Waals surface area contributed by atoms with Crippen LogP contribution in [0.3, 0.4) is 0 Å². The summed E-state index contributed by atoms with van der Waals surface area (Å²) < 4.78 is 18.8. The van der Waals surface area contributed by atoms with E-state index in [9.17, 15) is 4.39 Å². The predicted molar refractivity (Wildman–Crippen MR) is 108 cm³/mol. The molecule has 1 aliphatic rings. The fourth-order valence-electron chi connectivity index (χ4n) is 3.45. The molecular weight excluding hydrogens is 339 g/mol. The highest BCUT2D eigenvalue weighted by Crippen LogP contribution is 2.37. The zero-order valence-corrected chi connectivity index (χ0v) is 15.7. The maximum atomic E-state index is 13.4. The maximum absolute atomic E-state index is 13.4. The van der Waals surface area contributed by atoms with E-state index in [0.29, 0.717) is 0 Å². The number of rotatable bonds is 5. The molecule has 1 aliphatic carbocycles. The number of ether oxygens (including phenoxy) is 1. The van der Waals surface area contributed by atoms with Gasteiger partial charge in [0.15, 0.2) is 0 Å². The van der Waals surface area contributed by atoms with Crippen LogP contribution in [0.25, 0.3) is 11.1 Å². The smallest absolute Gasteiger partial charge is 0.123 e. The van der Waals surface area contributed by atoms with Gasteiger partial charge in [0, 0.05) is 18.6 Å². The molecule has 0 heterocycles. The Kier molecular flexibility index (Phi) is 6.68. The molecule has 1 N–H and O–H groups in total. The molecule has 0 saturated heterocycles. The van der Waals surface area contributed by atoms with E-state index in [1.165, 1.54) is 23.3 Å². The lowest BCUT2D eigenvalue weighted by Crippen LogP contribution is -1.94. The van der Waals surface area contributed by atoms with E-state index in [4.69, 9.17) is 9.84 Å². The summed E-state index contributed by atoms with van der Waals surface area (Å²) in [6.45, 7) is 0.202. The fraction of sp³-hybridized carbons (Fsp3) is 0.333. The van der Waals surface area contributed by atoms with Crippen molar-refractivity contribution in [2.45, 2.75) is 38.5 Å². The number of fused-ring (bicyclic) bond motifs is 1. The molecule has 0 fully saturated rings. The Hall–Kier alpha value is -2.57. The van der Waals surface area contributed by atoms with Crippen LogP contribution >= 0.6 is 0 Å². The summed E-state index contributed by atoms with van der Waals surface area (Å²) in [4.78, 5) is 0. The number of halogens is 1. The van der Waals surface area contributed by atoms with Crippen LogP contribution in [0.5, 0.6) is 5.75 Å². The Morgan fingerprint density at radius 2 is 1.89 bits per heavy atom. The molecule has 2 aromatic carbocycles. The standard InChI is InChI=1S/C24H25FO2/c1-27-21-14-15-23-19(17-21)7-6-9-22(18-10-12-20(25)13-11-18)24(23)8-4-2-3-5-16-26/h10-15,17,26H,2-3,5-7,9,16H2,1H3. The van der Waals surface area contributed by atoms with E-state index >= 15 is 0 Å². The van der Waals surface area contributed by atoms with Gasteiger partial charge >= 0.3 is 0 Å². The van der Waals surface area contributed by atoms with Gasteiger partial charge in [-0.3, -0.25) is 0 Å². The van der Waals surface area contributed by atoms with Gasteiger partial charge in [-0.25, -0.2) is 4.39 Å². The van der Waals surface area contributed by atoms with Crippen molar-refractivity contribution in [1.29, 1.82) is 0 Å². The Labute approximate surface area is 160 Å². The number of aliphatic hydroxyl groups excluding tert-OH is 1. The van der Waals surface area contributed by atoms with Crippen LogP contribution < -0.4 is 4.74 Å². The lowest BCUT2D eigenvalue weighted by Gasteiger charge is -2.12. The van der Waals surface area contributed by atoms with Crippen LogP contribution in [0.1, 0.15) is 48.8 Å². The summed E-state index contributed by atoms with van der Waals surface area (Å²) in [7, 11) is 1.68. The van der Waals surface area contributed by atoms with Gasteiger partial charge in [0.25, 0.3) is 0 Å². The number of aryl methyl sites for hydroxylation is 1. The second kappa shape index (κ2) is 9.39. The third kappa shape index (κ3) is 4.78. The molecule has 3 heteroatoms. The second-order valence-electron chi connectivity index (χ2n) is 6.72. The number of aliphatic hydroxyl groups is 1. The quantitative estimate of drug-likeness (QED) is 0.580. The maximum Gasteiger partial charge on any atom is 0.123 e. The zero-order valence-electron chi connectivity index (χ0n) is 15.7. The number of unbranched alkanes of at least 4 members (excludes halogenated alkanes) is 2. The minimum atomic E-state index is -0.227. The van der Waals surface area contributed by atoms with Crippen LogP contribution in [0.4, 0.5) is 4.39 Å². The number of benzene rings is 2. The number of hydrogen-bond acceptors (Lipinski definition) is 2. The van der Waals surface area contributed by atoms with Gasteiger partial charge in [0.2, 0.25) is 0 Å². The van der Waals surface area contributed by atoms with E-state index in [1.54, 1.807) is 7.11 Å². The van der Waals surface area contributed by atoms with Crippen LogP contribution in [-0.2, 0) is 6.42 Å². The van der Waals surface area contributed by atoms with Crippen LogP contribution in [-0.4, -0.2) is 18.8 Å². The molecule has 0 amide bonds. The van der Waals surface area contributed by atoms with Crippen molar-refractivity contribution in [1.82, 2.24) is 0 Å². The fourth-order valence-corrected chi connectivity index (χ4v) is 3.45. The van der Waals surface area contributed by atoms with E-state index in [2.05, 4.69) is 24.0 Å². The summed E-state index contributed by atoms with van der Waals surface area (Å²) in [5.41, 5.74) is 5.61. The molecule has 0 radical (unpaired) electrons. The minimum Gasteiger partial charge on any atom is -0.497 e. The summed E-state index contributed by atoms with van der Waals surface area (Å²) in [5.74, 6) is 7.29. The molecule has 27 heavy (non-hydrogen) atoms. The first-order valence-corrected chi connectivity index (χ1v) is 9.49. The lowest BCUT2D eigenvalue weighted by molar-refractivity contribution is 0.285. The molecule has 2 aromatic rings. The molecule has 140 valence electrons. The Bertz CT molecular complexity index is 869. The SMILES string of the molecule is COc1ccc2c(c1)CCCC(c1ccc(F)cc1)=C2C#CCCCCO. The summed E-state index contributed by atoms with van der Waals surface area (Å²) in [5, 5.41) is 8.94. The van der Waals surface area contributed by atoms with E-state index < -0.39 is 0 Å². The third-order valence-corrected chi connectivity index (χ3v) is 4.87. The van der Waals surface area contributed by atoms with Crippen LogP contribution in [0.2, 0.25) is 0 Å². The van der Waals surface area contributed by atoms with Crippen molar-refractivity contribution in [2.24, 2.45) is 0 Å². The van der Waals surface area contributed by atoms with Gasteiger partial charge < -0.3 is 9.84 Å². The summed E-state index contributed by atoms with van der Waals surface area (Å²) in [6, 6.07) is 12.8. The van der Waals surface area contributed by atoms with Crippen molar-refractivity contribution in [2.75, 3.05) is 13.7 Å². The van der Waals surface area contributed by atoms with E-state index in [0.717, 1.165) is 61.0 Å². The highest BCUT2D eigenvalue weighted by atomic mass is 19.1. The average molecular weight is 364 g/mol. The van der Waals surface area contributed by atoms with Crippen molar-refractivity contribution in [3.63, 3.8) is 0 Å². The molecule has 0 aromatic heterocycles. The van der Waals surface area contributed by atoms with E-state index in [1.807, 2.05) is 18.2 Å². The van der Waals surface area contributed by atoms with Gasteiger partial charge in [0.1, 0.15) is 11.6 Å². The zero-order chi connectivity index (χ0) is 19.1. The number of hydrogen-bond donors (Lipinski definition) is 1. The Morgan fingerprint density at radius 1 is 1.07 bits per heavy atom. The minimum absolute atomic E-state index is 0.202. The number of methoxy groups -OCH3 is 1. The number of allylic oxidation sites excluding steroid dienone is 2. The molecule has 3 rings (SSSR count). The normalized spacial score (nSPS) is 13.4. The first kappa shape index (κ1) is 19.2. The predicted octanol–water partition coefficient (Wildman–Crippen LogP) is 5.25. The molecule has 0 spiro atoms. The van der Waals surface area contributed by atoms with Gasteiger partial charge in [0.05, 0.1) is 7.11 Å². The Morgan fingerprint density at radius 3 is 2.63 bits per heavy atom. The topological polar surface area (TPSA) is 29.5 Å². The lowest BCUT2D eigenvalue weighted by atomic mass is 9.92. The molecule has 0 bridgehead atoms. The first-order chi connectivity index (χ1) is 13.2. The van der Waals surface area contributed by atoms with Crippen molar-refractivity contribution in [3.05, 3.63) is 65.0 Å². The highest BCUT2D eigenvalue weighted by Gasteiger charge is 2.18. The summed E-state index contributed by atoms with van der Waals surface area (Å²) >= 11 is 0. The largest absolute Gasteiger partial charge is 0.497 e.